The lowest BCUT2D eigenvalue weighted by molar-refractivity contribution is 0.0398. The highest BCUT2D eigenvalue weighted by Crippen LogP contribution is 2.22. The summed E-state index contributed by atoms with van der Waals surface area (Å²) in [6.07, 6.45) is 5.03. The first kappa shape index (κ1) is 15.0. The molecule has 0 spiro atoms. The molecule has 8 nitrogen and oxygen atoms in total. The number of hydrogen-bond acceptors (Lipinski definition) is 7. The molecule has 4 heterocycles. The Bertz CT molecular complexity index is 799. The van der Waals surface area contributed by atoms with E-state index in [1.807, 2.05) is 12.1 Å². The van der Waals surface area contributed by atoms with Crippen LogP contribution in [0.5, 0.6) is 0 Å². The van der Waals surface area contributed by atoms with Crippen molar-refractivity contribution in [3.63, 3.8) is 0 Å². The Hall–Kier alpha value is -2.58. The summed E-state index contributed by atoms with van der Waals surface area (Å²) in [7, 11) is 0. The second-order valence-electron chi connectivity index (χ2n) is 5.62. The largest absolute Gasteiger partial charge is 0.379 e. The van der Waals surface area contributed by atoms with Gasteiger partial charge in [-0.15, -0.1) is 0 Å². The molecule has 8 heteroatoms. The molecule has 24 heavy (non-hydrogen) atoms. The number of rotatable bonds is 5. The third-order valence-electron chi connectivity index (χ3n) is 4.07. The summed E-state index contributed by atoms with van der Waals surface area (Å²) in [6.45, 7) is 5.37. The minimum Gasteiger partial charge on any atom is -0.379 e. The van der Waals surface area contributed by atoms with Crippen LogP contribution < -0.4 is 5.32 Å². The number of nitrogens with one attached hydrogen (secondary N) is 2. The van der Waals surface area contributed by atoms with Crippen molar-refractivity contribution in [2.45, 2.75) is 0 Å². The molecule has 0 unspecified atom stereocenters. The summed E-state index contributed by atoms with van der Waals surface area (Å²) in [4.78, 5) is 22.9. The van der Waals surface area contributed by atoms with Gasteiger partial charge >= 0.3 is 0 Å². The molecule has 1 aliphatic heterocycles. The third kappa shape index (κ3) is 3.19. The van der Waals surface area contributed by atoms with E-state index < -0.39 is 0 Å². The summed E-state index contributed by atoms with van der Waals surface area (Å²) in [6, 6.07) is 3.83. The number of aromatic amines is 1. The van der Waals surface area contributed by atoms with Crippen LogP contribution in [-0.2, 0) is 4.74 Å². The average molecular weight is 325 g/mol. The molecule has 0 amide bonds. The maximum absolute atomic E-state index is 5.37. The van der Waals surface area contributed by atoms with E-state index in [0.717, 1.165) is 62.1 Å². The molecule has 3 aromatic rings. The van der Waals surface area contributed by atoms with E-state index in [0.29, 0.717) is 5.65 Å². The van der Waals surface area contributed by atoms with Crippen molar-refractivity contribution in [3.05, 3.63) is 30.9 Å². The van der Waals surface area contributed by atoms with Crippen molar-refractivity contribution in [1.82, 2.24) is 29.8 Å². The van der Waals surface area contributed by atoms with Gasteiger partial charge in [0.2, 0.25) is 0 Å². The summed E-state index contributed by atoms with van der Waals surface area (Å²) in [5.74, 6) is 1.55. The molecule has 0 saturated carbocycles. The van der Waals surface area contributed by atoms with Crippen LogP contribution in [0, 0.1) is 0 Å². The topological polar surface area (TPSA) is 91.9 Å². The molecule has 0 bridgehead atoms. The monoisotopic (exact) mass is 325 g/mol. The van der Waals surface area contributed by atoms with Crippen LogP contribution in [0.3, 0.4) is 0 Å². The normalized spacial score (nSPS) is 15.7. The van der Waals surface area contributed by atoms with Crippen LogP contribution in [-0.4, -0.2) is 69.2 Å². The quantitative estimate of drug-likeness (QED) is 0.727. The Morgan fingerprint density at radius 2 is 2.00 bits per heavy atom. The van der Waals surface area contributed by atoms with E-state index >= 15 is 0 Å². The molecule has 1 fully saturated rings. The molecule has 124 valence electrons. The number of nitrogens with zero attached hydrogens (tertiary/aromatic N) is 5. The Morgan fingerprint density at radius 3 is 2.83 bits per heavy atom. The maximum atomic E-state index is 5.37. The summed E-state index contributed by atoms with van der Waals surface area (Å²) in [5, 5.41) is 3.38. The lowest BCUT2D eigenvalue weighted by atomic mass is 10.3. The van der Waals surface area contributed by atoms with Crippen molar-refractivity contribution in [2.75, 3.05) is 44.7 Å². The van der Waals surface area contributed by atoms with Crippen LogP contribution in [0.4, 0.5) is 5.82 Å². The number of hydrogen-bond donors (Lipinski definition) is 2. The minimum absolute atomic E-state index is 0.658. The predicted molar refractivity (Wildman–Crippen MR) is 90.7 cm³/mol. The van der Waals surface area contributed by atoms with Crippen LogP contribution >= 0.6 is 0 Å². The Balaban J connectivity index is 1.49. The van der Waals surface area contributed by atoms with Crippen molar-refractivity contribution < 1.29 is 4.74 Å². The fourth-order valence-electron chi connectivity index (χ4n) is 2.77. The Morgan fingerprint density at radius 1 is 1.17 bits per heavy atom. The highest BCUT2D eigenvalue weighted by Gasteiger charge is 2.12. The van der Waals surface area contributed by atoms with Crippen molar-refractivity contribution >= 4 is 17.0 Å². The van der Waals surface area contributed by atoms with Gasteiger partial charge in [0.05, 0.1) is 13.2 Å². The second kappa shape index (κ2) is 6.90. The molecule has 4 rings (SSSR count). The number of anilines is 1. The molecule has 3 aromatic heterocycles. The van der Waals surface area contributed by atoms with Gasteiger partial charge in [-0.25, -0.2) is 15.0 Å². The SMILES string of the molecule is c1cc(-c2nc3ncnc(NCCN4CCOCC4)c3[nH]2)ccn1. The first-order chi connectivity index (χ1) is 11.9. The zero-order chi connectivity index (χ0) is 16.2. The molecular formula is C16H19N7O. The Kier molecular flexibility index (Phi) is 4.30. The van der Waals surface area contributed by atoms with Crippen molar-refractivity contribution in [3.8, 4) is 11.4 Å². The van der Waals surface area contributed by atoms with E-state index in [1.165, 1.54) is 6.33 Å². The van der Waals surface area contributed by atoms with E-state index in [9.17, 15) is 0 Å². The molecule has 0 atom stereocenters. The van der Waals surface area contributed by atoms with Gasteiger partial charge in [-0.1, -0.05) is 0 Å². The van der Waals surface area contributed by atoms with Crippen LogP contribution in [0.2, 0.25) is 0 Å². The lowest BCUT2D eigenvalue weighted by Crippen LogP contribution is -2.39. The molecule has 1 saturated heterocycles. The summed E-state index contributed by atoms with van der Waals surface area (Å²) >= 11 is 0. The zero-order valence-electron chi connectivity index (χ0n) is 13.3. The van der Waals surface area contributed by atoms with Gasteiger partial charge in [-0.2, -0.15) is 0 Å². The maximum Gasteiger partial charge on any atom is 0.183 e. The van der Waals surface area contributed by atoms with E-state index in [4.69, 9.17) is 4.74 Å². The number of imidazole rings is 1. The number of fused-ring (bicyclic) bond motifs is 1. The number of aromatic nitrogens is 5. The van der Waals surface area contributed by atoms with Crippen LogP contribution in [0.15, 0.2) is 30.9 Å². The van der Waals surface area contributed by atoms with Gasteiger partial charge in [-0.3, -0.25) is 9.88 Å². The first-order valence-electron chi connectivity index (χ1n) is 8.05. The van der Waals surface area contributed by atoms with Crippen molar-refractivity contribution in [1.29, 1.82) is 0 Å². The second-order valence-corrected chi connectivity index (χ2v) is 5.62. The standard InChI is InChI=1S/C16H19N7O/c1-3-17-4-2-12(1)14-21-13-15(19-11-20-16(13)22-14)18-5-6-23-7-9-24-10-8-23/h1-4,11H,5-10H2,(H2,18,19,20,21,22). The molecule has 1 aliphatic rings. The number of morpholine rings is 1. The minimum atomic E-state index is 0.658. The Labute approximate surface area is 139 Å². The van der Waals surface area contributed by atoms with Crippen LogP contribution in [0.25, 0.3) is 22.6 Å². The van der Waals surface area contributed by atoms with E-state index in [2.05, 4.69) is 35.1 Å². The number of pyridine rings is 1. The fourth-order valence-corrected chi connectivity index (χ4v) is 2.77. The summed E-state index contributed by atoms with van der Waals surface area (Å²) < 4.78 is 5.37. The molecule has 2 N–H and O–H groups in total. The molecule has 0 radical (unpaired) electrons. The predicted octanol–water partition coefficient (Wildman–Crippen LogP) is 1.16. The fraction of sp³-hybridized carbons (Fsp3) is 0.375. The summed E-state index contributed by atoms with van der Waals surface area (Å²) in [5.41, 5.74) is 2.46. The van der Waals surface area contributed by atoms with Gasteiger partial charge < -0.3 is 15.0 Å². The third-order valence-corrected chi connectivity index (χ3v) is 4.07. The lowest BCUT2D eigenvalue weighted by Gasteiger charge is -2.26. The average Bonchev–Trinajstić information content (AvgIpc) is 3.09. The van der Waals surface area contributed by atoms with Gasteiger partial charge in [0.25, 0.3) is 0 Å². The molecule has 0 aromatic carbocycles. The van der Waals surface area contributed by atoms with Gasteiger partial charge in [0.15, 0.2) is 11.5 Å². The highest BCUT2D eigenvalue weighted by molar-refractivity contribution is 5.85. The molecular weight excluding hydrogens is 306 g/mol. The van der Waals surface area contributed by atoms with E-state index in [-0.39, 0.29) is 0 Å². The van der Waals surface area contributed by atoms with Crippen LogP contribution in [0.1, 0.15) is 0 Å². The first-order valence-corrected chi connectivity index (χ1v) is 8.05. The van der Waals surface area contributed by atoms with Crippen molar-refractivity contribution in [2.24, 2.45) is 0 Å². The highest BCUT2D eigenvalue weighted by atomic mass is 16.5. The van der Waals surface area contributed by atoms with Gasteiger partial charge in [-0.05, 0) is 12.1 Å². The number of ether oxygens (including phenoxy) is 1. The number of H-pyrrole nitrogens is 1. The molecule has 0 aliphatic carbocycles. The zero-order valence-corrected chi connectivity index (χ0v) is 13.3. The smallest absolute Gasteiger partial charge is 0.183 e. The van der Waals surface area contributed by atoms with Gasteiger partial charge in [0.1, 0.15) is 17.7 Å². The van der Waals surface area contributed by atoms with Gasteiger partial charge in [0, 0.05) is 44.1 Å². The van der Waals surface area contributed by atoms with E-state index in [1.54, 1.807) is 12.4 Å².